The molecule has 0 radical (unpaired) electrons. The zero-order chi connectivity index (χ0) is 22.3. The summed E-state index contributed by atoms with van der Waals surface area (Å²) in [5, 5.41) is 2.50. The number of sulfonamides is 1. The van der Waals surface area contributed by atoms with Crippen LogP contribution in [0.25, 0.3) is 0 Å². The minimum absolute atomic E-state index is 0.0382. The van der Waals surface area contributed by atoms with E-state index in [0.29, 0.717) is 11.3 Å². The van der Waals surface area contributed by atoms with Crippen LogP contribution in [0.5, 0.6) is 0 Å². The fourth-order valence-corrected chi connectivity index (χ4v) is 4.36. The summed E-state index contributed by atoms with van der Waals surface area (Å²) < 4.78 is 32.5. The molecule has 0 aliphatic heterocycles. The van der Waals surface area contributed by atoms with Gasteiger partial charge in [-0.05, 0) is 38.1 Å². The van der Waals surface area contributed by atoms with E-state index in [2.05, 4.69) is 14.9 Å². The van der Waals surface area contributed by atoms with Gasteiger partial charge in [-0.1, -0.05) is 29.4 Å². The Morgan fingerprint density at radius 3 is 2.29 bits per heavy atom. The molecule has 0 spiro atoms. The van der Waals surface area contributed by atoms with Gasteiger partial charge in [-0.15, -0.1) is 11.6 Å². The van der Waals surface area contributed by atoms with E-state index in [0.717, 1.165) is 0 Å². The van der Waals surface area contributed by atoms with Crippen LogP contribution in [0.3, 0.4) is 0 Å². The molecule has 0 saturated heterocycles. The van der Waals surface area contributed by atoms with Crippen molar-refractivity contribution < 1.29 is 22.5 Å². The van der Waals surface area contributed by atoms with Crippen LogP contribution in [0.4, 0.5) is 11.6 Å². The average Bonchev–Trinajstić information content (AvgIpc) is 3.07. The van der Waals surface area contributed by atoms with Crippen molar-refractivity contribution in [1.29, 1.82) is 0 Å². The molecule has 2 aromatic carbocycles. The molecule has 4 rings (SSSR count). The number of aromatic nitrogens is 1. The Morgan fingerprint density at radius 2 is 1.68 bits per heavy atom. The third-order valence-corrected chi connectivity index (χ3v) is 6.67. The lowest BCUT2D eigenvalue weighted by Gasteiger charge is -2.19. The number of halogens is 1. The van der Waals surface area contributed by atoms with Crippen molar-refractivity contribution in [2.75, 3.05) is 4.72 Å². The summed E-state index contributed by atoms with van der Waals surface area (Å²) >= 11 is 6.19. The number of anilines is 1. The Kier molecular flexibility index (Phi) is 5.24. The van der Waals surface area contributed by atoms with E-state index in [1.807, 2.05) is 0 Å². The number of Topliss-reactive ketones (excluding diaryl/α,β-unsaturated/α-hetero) is 2. The van der Waals surface area contributed by atoms with Gasteiger partial charge < -0.3 is 4.52 Å². The fraction of sp³-hybridized carbons (Fsp3) is 0.143. The van der Waals surface area contributed by atoms with Crippen LogP contribution >= 0.6 is 11.6 Å². The van der Waals surface area contributed by atoms with Gasteiger partial charge in [0.15, 0.2) is 5.78 Å². The maximum atomic E-state index is 12.8. The summed E-state index contributed by atoms with van der Waals surface area (Å²) in [5.74, 6) is -0.807. The van der Waals surface area contributed by atoms with Crippen LogP contribution < -0.4 is 4.72 Å². The maximum absolute atomic E-state index is 12.8. The minimum Gasteiger partial charge on any atom is -0.337 e. The minimum atomic E-state index is -3.92. The zero-order valence-corrected chi connectivity index (χ0v) is 18.0. The normalized spacial score (nSPS) is 17.6. The lowest BCUT2D eigenvalue weighted by Crippen LogP contribution is -2.37. The van der Waals surface area contributed by atoms with Gasteiger partial charge in [-0.25, -0.2) is 18.1 Å². The van der Waals surface area contributed by atoms with Crippen molar-refractivity contribution >= 4 is 50.5 Å². The highest BCUT2D eigenvalue weighted by molar-refractivity contribution is 7.92. The molecular formula is C21H16ClN3O5S. The van der Waals surface area contributed by atoms with Crippen molar-refractivity contribution in [2.45, 2.75) is 24.1 Å². The smallest absolute Gasteiger partial charge is 0.264 e. The van der Waals surface area contributed by atoms with E-state index in [4.69, 9.17) is 16.1 Å². The van der Waals surface area contributed by atoms with Crippen molar-refractivity contribution in [3.63, 3.8) is 0 Å². The van der Waals surface area contributed by atoms with E-state index in [1.54, 1.807) is 38.1 Å². The molecule has 0 fully saturated rings. The molecule has 3 aromatic rings. The van der Waals surface area contributed by atoms with Gasteiger partial charge in [0.05, 0.1) is 16.3 Å². The molecule has 1 aliphatic rings. The number of hydrogen-bond acceptors (Lipinski definition) is 7. The topological polar surface area (TPSA) is 119 Å². The standard InChI is InChI=1S/C21H16ClN3O5S/c1-11-12(2)24-30-21(11)25-31(28,29)14-9-7-13(8-10-14)23-18-17(22)19(26)15-5-3-4-6-16(15)20(18)27/h3-10,17,25H,1-2H3. The van der Waals surface area contributed by atoms with Gasteiger partial charge in [0.1, 0.15) is 11.1 Å². The lowest BCUT2D eigenvalue weighted by atomic mass is 9.88. The molecule has 0 saturated carbocycles. The number of aliphatic imine (C=N–C) groups is 1. The molecular weight excluding hydrogens is 442 g/mol. The summed E-state index contributed by atoms with van der Waals surface area (Å²) in [6.07, 6.45) is 0. The van der Waals surface area contributed by atoms with Gasteiger partial charge >= 0.3 is 0 Å². The van der Waals surface area contributed by atoms with Crippen LogP contribution in [-0.2, 0) is 10.0 Å². The molecule has 10 heteroatoms. The molecule has 1 aromatic heterocycles. The highest BCUT2D eigenvalue weighted by Gasteiger charge is 2.37. The third kappa shape index (κ3) is 3.77. The number of hydrogen-bond donors (Lipinski definition) is 1. The number of carbonyl (C=O) groups excluding carboxylic acids is 2. The SMILES string of the molecule is Cc1noc(NS(=O)(=O)c2ccc(N=C3C(=O)c4ccccc4C(=O)C3Cl)cc2)c1C. The Morgan fingerprint density at radius 1 is 1.03 bits per heavy atom. The van der Waals surface area contributed by atoms with Crippen molar-refractivity contribution in [1.82, 2.24) is 5.16 Å². The summed E-state index contributed by atoms with van der Waals surface area (Å²) in [6, 6.07) is 11.9. The molecule has 1 heterocycles. The van der Waals surface area contributed by atoms with Crippen LogP contribution in [0.2, 0.25) is 0 Å². The molecule has 1 N–H and O–H groups in total. The van der Waals surface area contributed by atoms with Crippen LogP contribution in [-0.4, -0.2) is 36.2 Å². The molecule has 0 bridgehead atoms. The number of aryl methyl sites for hydroxylation is 1. The Hall–Kier alpha value is -3.30. The van der Waals surface area contributed by atoms with Gasteiger partial charge in [0.25, 0.3) is 10.0 Å². The Labute approximate surface area is 183 Å². The number of rotatable bonds is 4. The van der Waals surface area contributed by atoms with Gasteiger partial charge in [-0.3, -0.25) is 9.59 Å². The largest absolute Gasteiger partial charge is 0.337 e. The molecule has 1 aliphatic carbocycles. The van der Waals surface area contributed by atoms with Crippen molar-refractivity contribution in [3.8, 4) is 0 Å². The maximum Gasteiger partial charge on any atom is 0.264 e. The Balaban J connectivity index is 1.63. The second kappa shape index (κ2) is 7.75. The first kappa shape index (κ1) is 21.0. The molecule has 158 valence electrons. The lowest BCUT2D eigenvalue weighted by molar-refractivity contribution is 0.0968. The molecule has 1 atom stereocenters. The number of alkyl halides is 1. The third-order valence-electron chi connectivity index (χ3n) is 4.92. The predicted molar refractivity (Wildman–Crippen MR) is 115 cm³/mol. The van der Waals surface area contributed by atoms with Crippen LogP contribution in [0.15, 0.2) is 62.9 Å². The Bertz CT molecular complexity index is 1340. The van der Waals surface area contributed by atoms with E-state index in [1.165, 1.54) is 24.3 Å². The predicted octanol–water partition coefficient (Wildman–Crippen LogP) is 3.85. The monoisotopic (exact) mass is 457 g/mol. The van der Waals surface area contributed by atoms with E-state index >= 15 is 0 Å². The second-order valence-corrected chi connectivity index (χ2v) is 9.04. The highest BCUT2D eigenvalue weighted by atomic mass is 35.5. The summed E-state index contributed by atoms with van der Waals surface area (Å²) in [6.45, 7) is 3.39. The molecule has 8 nitrogen and oxygen atoms in total. The summed E-state index contributed by atoms with van der Waals surface area (Å²) in [7, 11) is -3.92. The van der Waals surface area contributed by atoms with E-state index in [9.17, 15) is 18.0 Å². The highest BCUT2D eigenvalue weighted by Crippen LogP contribution is 2.27. The quantitative estimate of drug-likeness (QED) is 0.594. The number of carbonyl (C=O) groups is 2. The molecule has 0 amide bonds. The number of ketones is 2. The zero-order valence-electron chi connectivity index (χ0n) is 16.4. The second-order valence-electron chi connectivity index (χ2n) is 6.92. The number of nitrogens with one attached hydrogen (secondary N) is 1. The van der Waals surface area contributed by atoms with Gasteiger partial charge in [0, 0.05) is 16.7 Å². The van der Waals surface area contributed by atoms with Crippen molar-refractivity contribution in [2.24, 2.45) is 4.99 Å². The summed E-state index contributed by atoms with van der Waals surface area (Å²) in [4.78, 5) is 29.4. The molecule has 31 heavy (non-hydrogen) atoms. The average molecular weight is 458 g/mol. The van der Waals surface area contributed by atoms with Gasteiger partial charge in [0.2, 0.25) is 11.7 Å². The number of fused-ring (bicyclic) bond motifs is 1. The van der Waals surface area contributed by atoms with Gasteiger partial charge in [-0.2, -0.15) is 0 Å². The number of benzene rings is 2. The fourth-order valence-electron chi connectivity index (χ4n) is 3.05. The first-order chi connectivity index (χ1) is 14.7. The van der Waals surface area contributed by atoms with Crippen LogP contribution in [0, 0.1) is 13.8 Å². The van der Waals surface area contributed by atoms with E-state index < -0.39 is 27.0 Å². The van der Waals surface area contributed by atoms with Crippen LogP contribution in [0.1, 0.15) is 32.0 Å². The number of nitrogens with zero attached hydrogens (tertiary/aromatic N) is 2. The van der Waals surface area contributed by atoms with E-state index in [-0.39, 0.29) is 33.3 Å². The van der Waals surface area contributed by atoms with Crippen molar-refractivity contribution in [3.05, 3.63) is 70.9 Å². The first-order valence-corrected chi connectivity index (χ1v) is 11.1. The molecule has 1 unspecified atom stereocenters. The first-order valence-electron chi connectivity index (χ1n) is 9.15. The summed E-state index contributed by atoms with van der Waals surface area (Å²) in [5.41, 5.74) is 1.84.